The minimum Gasteiger partial charge on any atom is -0.381 e. The van der Waals surface area contributed by atoms with Gasteiger partial charge in [0.2, 0.25) is 5.91 Å². The average molecular weight is 293 g/mol. The lowest BCUT2D eigenvalue weighted by atomic mass is 9.79. The molecule has 0 aromatic carbocycles. The van der Waals surface area contributed by atoms with E-state index in [-0.39, 0.29) is 24.4 Å². The van der Waals surface area contributed by atoms with Crippen molar-refractivity contribution >= 4 is 18.3 Å². The number of carbonyl (C=O) groups is 1. The quantitative estimate of drug-likeness (QED) is 0.788. The van der Waals surface area contributed by atoms with E-state index >= 15 is 0 Å². The summed E-state index contributed by atoms with van der Waals surface area (Å²) < 4.78 is 5.33. The highest BCUT2D eigenvalue weighted by atomic mass is 35.5. The maximum Gasteiger partial charge on any atom is 0.227 e. The van der Waals surface area contributed by atoms with Crippen LogP contribution in [0.2, 0.25) is 0 Å². The number of halogens is 1. The molecule has 1 heterocycles. The SMILES string of the molecule is CCC(C)CC(C)NC(=O)C1(CN)CCOCC1.Cl. The molecule has 0 aromatic heterocycles. The summed E-state index contributed by atoms with van der Waals surface area (Å²) in [5.41, 5.74) is 5.43. The van der Waals surface area contributed by atoms with Gasteiger partial charge in [0.1, 0.15) is 0 Å². The Morgan fingerprint density at radius 1 is 1.37 bits per heavy atom. The van der Waals surface area contributed by atoms with Gasteiger partial charge in [0, 0.05) is 25.8 Å². The van der Waals surface area contributed by atoms with Crippen molar-refractivity contribution in [3.63, 3.8) is 0 Å². The molecule has 1 aliphatic rings. The topological polar surface area (TPSA) is 64.4 Å². The van der Waals surface area contributed by atoms with Crippen molar-refractivity contribution < 1.29 is 9.53 Å². The van der Waals surface area contributed by atoms with E-state index in [2.05, 4.69) is 26.1 Å². The lowest BCUT2D eigenvalue weighted by Crippen LogP contribution is -2.51. The van der Waals surface area contributed by atoms with Crippen molar-refractivity contribution in [2.45, 2.75) is 52.5 Å². The van der Waals surface area contributed by atoms with Gasteiger partial charge >= 0.3 is 0 Å². The summed E-state index contributed by atoms with van der Waals surface area (Å²) in [6.45, 7) is 8.18. The monoisotopic (exact) mass is 292 g/mol. The van der Waals surface area contributed by atoms with Crippen molar-refractivity contribution in [3.05, 3.63) is 0 Å². The molecule has 114 valence electrons. The predicted molar refractivity (Wildman–Crippen MR) is 80.5 cm³/mol. The van der Waals surface area contributed by atoms with Crippen LogP contribution in [-0.4, -0.2) is 31.7 Å². The highest BCUT2D eigenvalue weighted by molar-refractivity contribution is 5.85. The summed E-state index contributed by atoms with van der Waals surface area (Å²) in [5, 5.41) is 3.13. The standard InChI is InChI=1S/C14H28N2O2.ClH/c1-4-11(2)9-12(3)16-13(17)14(10-15)5-7-18-8-6-14;/h11-12H,4-10,15H2,1-3H3,(H,16,17);1H. The smallest absolute Gasteiger partial charge is 0.227 e. The first-order valence-corrected chi connectivity index (χ1v) is 7.13. The minimum absolute atomic E-state index is 0. The molecule has 0 radical (unpaired) electrons. The van der Waals surface area contributed by atoms with Gasteiger partial charge in [-0.2, -0.15) is 0 Å². The fourth-order valence-electron chi connectivity index (χ4n) is 2.49. The molecule has 3 N–H and O–H groups in total. The van der Waals surface area contributed by atoms with Crippen LogP contribution >= 0.6 is 12.4 Å². The Hall–Kier alpha value is -0.320. The second-order valence-electron chi connectivity index (χ2n) is 5.72. The third-order valence-electron chi connectivity index (χ3n) is 4.15. The van der Waals surface area contributed by atoms with Crippen molar-refractivity contribution in [1.82, 2.24) is 5.32 Å². The number of carbonyl (C=O) groups excluding carboxylic acids is 1. The largest absolute Gasteiger partial charge is 0.381 e. The predicted octanol–water partition coefficient (Wildman–Crippen LogP) is 2.10. The molecule has 4 nitrogen and oxygen atoms in total. The maximum absolute atomic E-state index is 12.4. The Labute approximate surface area is 123 Å². The third-order valence-corrected chi connectivity index (χ3v) is 4.15. The van der Waals surface area contributed by atoms with Gasteiger partial charge < -0.3 is 15.8 Å². The first-order chi connectivity index (χ1) is 8.54. The van der Waals surface area contributed by atoms with Crippen LogP contribution < -0.4 is 11.1 Å². The number of hydrogen-bond acceptors (Lipinski definition) is 3. The summed E-state index contributed by atoms with van der Waals surface area (Å²) in [6.07, 6.45) is 3.66. The Morgan fingerprint density at radius 3 is 2.42 bits per heavy atom. The van der Waals surface area contributed by atoms with Gasteiger partial charge in [-0.15, -0.1) is 12.4 Å². The van der Waals surface area contributed by atoms with Crippen molar-refractivity contribution in [2.75, 3.05) is 19.8 Å². The fraction of sp³-hybridized carbons (Fsp3) is 0.929. The second kappa shape index (κ2) is 8.77. The Bertz CT molecular complexity index is 268. The number of rotatable bonds is 6. The van der Waals surface area contributed by atoms with E-state index in [1.54, 1.807) is 0 Å². The van der Waals surface area contributed by atoms with Crippen LogP contribution in [0.15, 0.2) is 0 Å². The van der Waals surface area contributed by atoms with Crippen LogP contribution in [0.25, 0.3) is 0 Å². The van der Waals surface area contributed by atoms with Gasteiger partial charge in [0.05, 0.1) is 5.41 Å². The van der Waals surface area contributed by atoms with Gasteiger partial charge in [-0.25, -0.2) is 0 Å². The van der Waals surface area contributed by atoms with Crippen LogP contribution in [0, 0.1) is 11.3 Å². The molecule has 2 atom stereocenters. The first kappa shape index (κ1) is 18.7. The summed E-state index contributed by atoms with van der Waals surface area (Å²) in [6, 6.07) is 0.221. The Balaban J connectivity index is 0.00000324. The summed E-state index contributed by atoms with van der Waals surface area (Å²) >= 11 is 0. The van der Waals surface area contributed by atoms with E-state index in [9.17, 15) is 4.79 Å². The molecule has 19 heavy (non-hydrogen) atoms. The molecule has 1 rings (SSSR count). The zero-order chi connectivity index (χ0) is 13.6. The summed E-state index contributed by atoms with van der Waals surface area (Å²) in [7, 11) is 0. The highest BCUT2D eigenvalue weighted by Gasteiger charge is 2.39. The van der Waals surface area contributed by atoms with Crippen molar-refractivity contribution in [1.29, 1.82) is 0 Å². The molecular weight excluding hydrogens is 264 g/mol. The van der Waals surface area contributed by atoms with Gasteiger partial charge in [-0.3, -0.25) is 4.79 Å². The first-order valence-electron chi connectivity index (χ1n) is 7.13. The Kier molecular flexibility index (Phi) is 8.62. The third kappa shape index (κ3) is 5.28. The number of nitrogens with two attached hydrogens (primary N) is 1. The molecule has 1 fully saturated rings. The molecule has 0 saturated carbocycles. The molecule has 2 unspecified atom stereocenters. The molecule has 1 amide bonds. The maximum atomic E-state index is 12.4. The molecule has 5 heteroatoms. The molecule has 1 aliphatic heterocycles. The van der Waals surface area contributed by atoms with Crippen LogP contribution in [0.3, 0.4) is 0 Å². The molecule has 1 saturated heterocycles. The summed E-state index contributed by atoms with van der Waals surface area (Å²) in [5.74, 6) is 0.757. The van der Waals surface area contributed by atoms with Crippen LogP contribution in [0.1, 0.15) is 46.5 Å². The number of hydrogen-bond donors (Lipinski definition) is 2. The van der Waals surface area contributed by atoms with E-state index in [1.165, 1.54) is 0 Å². The lowest BCUT2D eigenvalue weighted by Gasteiger charge is -2.35. The molecule has 0 aromatic rings. The fourth-order valence-corrected chi connectivity index (χ4v) is 2.49. The molecule has 0 bridgehead atoms. The number of nitrogens with one attached hydrogen (secondary N) is 1. The highest BCUT2D eigenvalue weighted by Crippen LogP contribution is 2.29. The average Bonchev–Trinajstić information content (AvgIpc) is 2.39. The minimum atomic E-state index is -0.401. The van der Waals surface area contributed by atoms with Gasteiger partial charge in [-0.1, -0.05) is 20.3 Å². The normalized spacial score (nSPS) is 21.1. The van der Waals surface area contributed by atoms with Gasteiger partial charge in [0.15, 0.2) is 0 Å². The van der Waals surface area contributed by atoms with E-state index < -0.39 is 5.41 Å². The number of ether oxygens (including phenoxy) is 1. The van der Waals surface area contributed by atoms with E-state index in [0.717, 1.165) is 25.7 Å². The van der Waals surface area contributed by atoms with Gasteiger partial charge in [0.25, 0.3) is 0 Å². The lowest BCUT2D eigenvalue weighted by molar-refractivity contribution is -0.136. The van der Waals surface area contributed by atoms with Crippen molar-refractivity contribution in [2.24, 2.45) is 17.1 Å². The molecule has 0 spiro atoms. The second-order valence-corrected chi connectivity index (χ2v) is 5.72. The van der Waals surface area contributed by atoms with E-state index in [1.807, 2.05) is 0 Å². The zero-order valence-electron chi connectivity index (χ0n) is 12.4. The summed E-state index contributed by atoms with van der Waals surface area (Å²) in [4.78, 5) is 12.4. The Morgan fingerprint density at radius 2 is 1.95 bits per heavy atom. The van der Waals surface area contributed by atoms with Crippen LogP contribution in [-0.2, 0) is 9.53 Å². The van der Waals surface area contributed by atoms with Crippen LogP contribution in [0.4, 0.5) is 0 Å². The zero-order valence-corrected chi connectivity index (χ0v) is 13.2. The number of amides is 1. The molecular formula is C14H29ClN2O2. The van der Waals surface area contributed by atoms with E-state index in [4.69, 9.17) is 10.5 Å². The van der Waals surface area contributed by atoms with Gasteiger partial charge in [-0.05, 0) is 32.1 Å². The van der Waals surface area contributed by atoms with Crippen molar-refractivity contribution in [3.8, 4) is 0 Å². The van der Waals surface area contributed by atoms with E-state index in [0.29, 0.717) is 25.7 Å². The van der Waals surface area contributed by atoms with Crippen LogP contribution in [0.5, 0.6) is 0 Å². The molecule has 0 aliphatic carbocycles.